The summed E-state index contributed by atoms with van der Waals surface area (Å²) in [6.07, 6.45) is 0. The van der Waals surface area contributed by atoms with Gasteiger partial charge in [-0.3, -0.25) is 18.7 Å². The number of carbonyl (C=O) groups excluding carboxylic acids is 1. The molecule has 0 atom stereocenters. The Morgan fingerprint density at radius 3 is 2.65 bits per heavy atom. The number of fused-ring (bicyclic) bond motifs is 1. The van der Waals surface area contributed by atoms with Crippen molar-refractivity contribution in [3.05, 3.63) is 62.1 Å². The maximum atomic E-state index is 12.6. The number of hydrogen-bond donors (Lipinski definition) is 1. The summed E-state index contributed by atoms with van der Waals surface area (Å²) < 4.78 is 3.00. The van der Waals surface area contributed by atoms with Gasteiger partial charge in [0.1, 0.15) is 11.2 Å². The molecule has 0 bridgehead atoms. The number of hydrogen-bond acceptors (Lipinski definition) is 4. The van der Waals surface area contributed by atoms with Crippen LogP contribution in [0.5, 0.6) is 0 Å². The predicted molar refractivity (Wildman–Crippen MR) is 105 cm³/mol. The van der Waals surface area contributed by atoms with Crippen LogP contribution < -0.4 is 16.6 Å². The first-order valence-corrected chi connectivity index (χ1v) is 9.41. The summed E-state index contributed by atoms with van der Waals surface area (Å²) in [6.45, 7) is 6.04. The van der Waals surface area contributed by atoms with Crippen molar-refractivity contribution in [2.45, 2.75) is 39.8 Å². The summed E-state index contributed by atoms with van der Waals surface area (Å²) in [5, 5.41) is 4.60. The molecule has 136 valence electrons. The van der Waals surface area contributed by atoms with Gasteiger partial charge in [-0.1, -0.05) is 26.0 Å². The molecule has 0 radical (unpaired) electrons. The Hall–Kier alpha value is -2.67. The third-order valence-electron chi connectivity index (χ3n) is 4.29. The number of benzene rings is 1. The van der Waals surface area contributed by atoms with Gasteiger partial charge in [-0.15, -0.1) is 11.3 Å². The van der Waals surface area contributed by atoms with Crippen LogP contribution >= 0.6 is 11.3 Å². The summed E-state index contributed by atoms with van der Waals surface area (Å²) in [4.78, 5) is 37.5. The van der Waals surface area contributed by atoms with Crippen molar-refractivity contribution < 1.29 is 4.79 Å². The highest BCUT2D eigenvalue weighted by Crippen LogP contribution is 2.19. The minimum absolute atomic E-state index is 0.141. The van der Waals surface area contributed by atoms with Gasteiger partial charge in [-0.2, -0.15) is 0 Å². The van der Waals surface area contributed by atoms with Crippen LogP contribution in [0.4, 0.5) is 5.69 Å². The predicted octanol–water partition coefficient (Wildman–Crippen LogP) is 3.01. The van der Waals surface area contributed by atoms with Crippen LogP contribution in [0.25, 0.3) is 10.2 Å². The number of nitrogens with zero attached hydrogens (tertiary/aromatic N) is 2. The molecule has 0 saturated carbocycles. The molecule has 7 heteroatoms. The van der Waals surface area contributed by atoms with Crippen LogP contribution in [0.2, 0.25) is 0 Å². The largest absolute Gasteiger partial charge is 0.331 e. The molecule has 0 fully saturated rings. The van der Waals surface area contributed by atoms with Gasteiger partial charge in [0.05, 0.1) is 5.52 Å². The van der Waals surface area contributed by atoms with E-state index in [9.17, 15) is 14.4 Å². The van der Waals surface area contributed by atoms with Gasteiger partial charge in [-0.25, -0.2) is 4.79 Å². The molecule has 0 unspecified atom stereocenters. The lowest BCUT2D eigenvalue weighted by molar-refractivity contribution is -0.116. The third-order valence-corrected chi connectivity index (χ3v) is 5.18. The van der Waals surface area contributed by atoms with Crippen molar-refractivity contribution in [2.24, 2.45) is 0 Å². The molecule has 2 heterocycles. The highest BCUT2D eigenvalue weighted by molar-refractivity contribution is 7.17. The zero-order valence-electron chi connectivity index (χ0n) is 15.0. The summed E-state index contributed by atoms with van der Waals surface area (Å²) in [7, 11) is 0. The van der Waals surface area contributed by atoms with Gasteiger partial charge in [-0.05, 0) is 42.0 Å². The molecule has 0 aliphatic rings. The number of nitrogens with one attached hydrogen (secondary N) is 1. The van der Waals surface area contributed by atoms with Gasteiger partial charge in [0.25, 0.3) is 5.56 Å². The van der Waals surface area contributed by atoms with Crippen LogP contribution in [-0.2, 0) is 17.9 Å². The molecule has 2 aromatic heterocycles. The van der Waals surface area contributed by atoms with Crippen molar-refractivity contribution in [3.8, 4) is 0 Å². The van der Waals surface area contributed by atoms with Crippen LogP contribution in [0.1, 0.15) is 32.3 Å². The van der Waals surface area contributed by atoms with E-state index in [1.54, 1.807) is 18.4 Å². The van der Waals surface area contributed by atoms with Gasteiger partial charge >= 0.3 is 5.69 Å². The minimum Gasteiger partial charge on any atom is -0.325 e. The third kappa shape index (κ3) is 3.35. The second-order valence-electron chi connectivity index (χ2n) is 6.38. The molecule has 0 saturated heterocycles. The highest BCUT2D eigenvalue weighted by atomic mass is 32.1. The Morgan fingerprint density at radius 1 is 1.19 bits per heavy atom. The molecule has 6 nitrogen and oxygen atoms in total. The van der Waals surface area contributed by atoms with Crippen LogP contribution in [0.3, 0.4) is 0 Å². The molecule has 26 heavy (non-hydrogen) atoms. The fraction of sp³-hybridized carbons (Fsp3) is 0.316. The van der Waals surface area contributed by atoms with Crippen LogP contribution in [-0.4, -0.2) is 15.0 Å². The maximum absolute atomic E-state index is 12.6. The number of rotatable bonds is 5. The van der Waals surface area contributed by atoms with Gasteiger partial charge in [0.15, 0.2) is 0 Å². The quantitative estimate of drug-likeness (QED) is 0.749. The molecule has 0 aliphatic carbocycles. The first-order valence-electron chi connectivity index (χ1n) is 8.53. The Labute approximate surface area is 154 Å². The second kappa shape index (κ2) is 7.29. The maximum Gasteiger partial charge on any atom is 0.331 e. The topological polar surface area (TPSA) is 73.1 Å². The SMILES string of the molecule is CCn1c(=O)c2sccc2n(CC(=O)Nc2cccc(C(C)C)c2)c1=O. The molecule has 3 rings (SSSR count). The van der Waals surface area contributed by atoms with Gasteiger partial charge in [0.2, 0.25) is 5.91 Å². The number of thiophene rings is 1. The lowest BCUT2D eigenvalue weighted by Crippen LogP contribution is -2.40. The lowest BCUT2D eigenvalue weighted by Gasteiger charge is -2.12. The van der Waals surface area contributed by atoms with E-state index in [1.807, 2.05) is 24.3 Å². The number of carbonyl (C=O) groups is 1. The number of anilines is 1. The molecule has 1 amide bonds. The monoisotopic (exact) mass is 371 g/mol. The fourth-order valence-corrected chi connectivity index (χ4v) is 3.73. The van der Waals surface area contributed by atoms with E-state index in [2.05, 4.69) is 19.2 Å². The summed E-state index contributed by atoms with van der Waals surface area (Å²) in [5.74, 6) is 0.0508. The molecule has 3 aromatic rings. The number of amides is 1. The molecule has 0 spiro atoms. The number of aromatic nitrogens is 2. The normalized spacial score (nSPS) is 11.2. The average Bonchev–Trinajstić information content (AvgIpc) is 3.09. The van der Waals surface area contributed by atoms with Crippen LogP contribution in [0.15, 0.2) is 45.3 Å². The second-order valence-corrected chi connectivity index (χ2v) is 7.30. The van der Waals surface area contributed by atoms with Crippen molar-refractivity contribution in [2.75, 3.05) is 5.32 Å². The Kier molecular flexibility index (Phi) is 5.08. The Morgan fingerprint density at radius 2 is 1.96 bits per heavy atom. The van der Waals surface area contributed by atoms with Gasteiger partial charge in [0, 0.05) is 12.2 Å². The highest BCUT2D eigenvalue weighted by Gasteiger charge is 2.15. The first-order chi connectivity index (χ1) is 12.4. The molecule has 1 aromatic carbocycles. The lowest BCUT2D eigenvalue weighted by atomic mass is 10.0. The van der Waals surface area contributed by atoms with Crippen LogP contribution in [0, 0.1) is 0 Å². The molecule has 0 aliphatic heterocycles. The Balaban J connectivity index is 1.93. The van der Waals surface area contributed by atoms with Gasteiger partial charge < -0.3 is 5.32 Å². The summed E-state index contributed by atoms with van der Waals surface area (Å²) >= 11 is 1.28. The molecule has 1 N–H and O–H groups in total. The van der Waals surface area contributed by atoms with Crippen molar-refractivity contribution in [1.29, 1.82) is 0 Å². The average molecular weight is 371 g/mol. The smallest absolute Gasteiger partial charge is 0.325 e. The van der Waals surface area contributed by atoms with Crippen molar-refractivity contribution >= 4 is 33.1 Å². The first kappa shape index (κ1) is 18.1. The van der Waals surface area contributed by atoms with E-state index >= 15 is 0 Å². The molecular formula is C19H21N3O3S. The zero-order valence-corrected chi connectivity index (χ0v) is 15.8. The Bertz CT molecular complexity index is 1080. The standard InChI is InChI=1S/C19H21N3O3S/c1-4-21-18(24)17-15(8-9-26-17)22(19(21)25)11-16(23)20-14-7-5-6-13(10-14)12(2)3/h5-10,12H,4,11H2,1-3H3,(H,20,23). The van der Waals surface area contributed by atoms with E-state index in [1.165, 1.54) is 15.9 Å². The fourth-order valence-electron chi connectivity index (χ4n) is 2.88. The van der Waals surface area contributed by atoms with E-state index in [4.69, 9.17) is 0 Å². The zero-order chi connectivity index (χ0) is 18.8. The summed E-state index contributed by atoms with van der Waals surface area (Å²) in [5.41, 5.74) is 1.55. The minimum atomic E-state index is -0.463. The van der Waals surface area contributed by atoms with E-state index in [-0.39, 0.29) is 24.6 Å². The molecular weight excluding hydrogens is 350 g/mol. The van der Waals surface area contributed by atoms with E-state index in [0.717, 1.165) is 10.1 Å². The van der Waals surface area contributed by atoms with Crippen molar-refractivity contribution in [1.82, 2.24) is 9.13 Å². The van der Waals surface area contributed by atoms with E-state index < -0.39 is 5.69 Å². The van der Waals surface area contributed by atoms with E-state index in [0.29, 0.717) is 21.8 Å². The summed E-state index contributed by atoms with van der Waals surface area (Å²) in [6, 6.07) is 9.36. The van der Waals surface area contributed by atoms with Crippen molar-refractivity contribution in [3.63, 3.8) is 0 Å².